The lowest BCUT2D eigenvalue weighted by molar-refractivity contribution is 0.00684. The minimum Gasteiger partial charge on any atom is -0.449 e. The topological polar surface area (TPSA) is 29.5 Å². The molecular weight excluding hydrogens is 190 g/mol. The SMILES string of the molecule is CC(C)=C[C@H]1COC(=O)N2CCCC[C@@H]12. The molecule has 3 nitrogen and oxygen atoms in total. The van der Waals surface area contributed by atoms with Crippen LogP contribution in [0.1, 0.15) is 33.1 Å². The second-order valence-electron chi connectivity index (χ2n) is 4.74. The van der Waals surface area contributed by atoms with Crippen LogP contribution < -0.4 is 0 Å². The van der Waals surface area contributed by atoms with Gasteiger partial charge in [0.1, 0.15) is 6.61 Å². The molecule has 15 heavy (non-hydrogen) atoms. The van der Waals surface area contributed by atoms with E-state index in [0.29, 0.717) is 18.6 Å². The normalized spacial score (nSPS) is 30.5. The first kappa shape index (κ1) is 10.5. The van der Waals surface area contributed by atoms with Gasteiger partial charge in [-0.1, -0.05) is 11.6 Å². The third-order valence-corrected chi connectivity index (χ3v) is 3.22. The molecule has 0 aromatic heterocycles. The van der Waals surface area contributed by atoms with Crippen molar-refractivity contribution in [3.8, 4) is 0 Å². The predicted octanol–water partition coefficient (Wildman–Crippen LogP) is 2.57. The van der Waals surface area contributed by atoms with Gasteiger partial charge >= 0.3 is 6.09 Å². The third kappa shape index (κ3) is 2.16. The fraction of sp³-hybridized carbons (Fsp3) is 0.750. The standard InChI is InChI=1S/C12H19NO2/c1-9(2)7-10-8-15-12(14)13-6-4-3-5-11(10)13/h7,10-11H,3-6,8H2,1-2H3/t10-,11-/m0/s1. The first-order valence-electron chi connectivity index (χ1n) is 5.77. The molecule has 0 saturated carbocycles. The van der Waals surface area contributed by atoms with Crippen LogP contribution in [0.5, 0.6) is 0 Å². The Balaban J connectivity index is 2.13. The molecule has 0 aliphatic carbocycles. The molecule has 0 aromatic carbocycles. The van der Waals surface area contributed by atoms with Crippen molar-refractivity contribution < 1.29 is 9.53 Å². The van der Waals surface area contributed by atoms with Gasteiger partial charge in [0.2, 0.25) is 0 Å². The van der Waals surface area contributed by atoms with Gasteiger partial charge in [-0.15, -0.1) is 0 Å². The molecule has 0 bridgehead atoms. The van der Waals surface area contributed by atoms with Gasteiger partial charge in [0.15, 0.2) is 0 Å². The fourth-order valence-corrected chi connectivity index (χ4v) is 2.58. The Bertz CT molecular complexity index is 281. The summed E-state index contributed by atoms with van der Waals surface area (Å²) in [5.41, 5.74) is 1.31. The highest BCUT2D eigenvalue weighted by atomic mass is 16.6. The Hall–Kier alpha value is -0.990. The van der Waals surface area contributed by atoms with Gasteiger partial charge in [-0.25, -0.2) is 4.79 Å². The van der Waals surface area contributed by atoms with Crippen molar-refractivity contribution in [2.45, 2.75) is 39.2 Å². The van der Waals surface area contributed by atoms with Crippen LogP contribution in [-0.2, 0) is 4.74 Å². The number of piperidine rings is 1. The quantitative estimate of drug-likeness (QED) is 0.621. The van der Waals surface area contributed by atoms with E-state index in [9.17, 15) is 4.79 Å². The predicted molar refractivity (Wildman–Crippen MR) is 58.6 cm³/mol. The van der Waals surface area contributed by atoms with Crippen LogP contribution in [0.3, 0.4) is 0 Å². The van der Waals surface area contributed by atoms with Crippen LogP contribution in [0.4, 0.5) is 4.79 Å². The number of cyclic esters (lactones) is 1. The second-order valence-corrected chi connectivity index (χ2v) is 4.74. The lowest BCUT2D eigenvalue weighted by Crippen LogP contribution is -2.52. The van der Waals surface area contributed by atoms with Crippen LogP contribution in [-0.4, -0.2) is 30.2 Å². The van der Waals surface area contributed by atoms with E-state index in [-0.39, 0.29) is 6.09 Å². The van der Waals surface area contributed by atoms with E-state index >= 15 is 0 Å². The van der Waals surface area contributed by atoms with Crippen molar-refractivity contribution in [1.29, 1.82) is 0 Å². The van der Waals surface area contributed by atoms with Crippen LogP contribution in [0.15, 0.2) is 11.6 Å². The molecule has 0 unspecified atom stereocenters. The molecule has 84 valence electrons. The van der Waals surface area contributed by atoms with Crippen molar-refractivity contribution in [1.82, 2.24) is 4.90 Å². The summed E-state index contributed by atoms with van der Waals surface area (Å²) in [7, 11) is 0. The molecule has 2 rings (SSSR count). The number of hydrogen-bond donors (Lipinski definition) is 0. The number of hydrogen-bond acceptors (Lipinski definition) is 2. The molecule has 1 amide bonds. The number of nitrogens with zero attached hydrogens (tertiary/aromatic N) is 1. The highest BCUT2D eigenvalue weighted by molar-refractivity contribution is 5.69. The minimum atomic E-state index is -0.113. The number of fused-ring (bicyclic) bond motifs is 1. The molecule has 2 fully saturated rings. The van der Waals surface area contributed by atoms with Crippen LogP contribution in [0.2, 0.25) is 0 Å². The van der Waals surface area contributed by atoms with Crippen LogP contribution >= 0.6 is 0 Å². The average Bonchev–Trinajstić information content (AvgIpc) is 2.22. The first-order valence-corrected chi connectivity index (χ1v) is 5.77. The highest BCUT2D eigenvalue weighted by Crippen LogP contribution is 2.29. The maximum atomic E-state index is 11.5. The second kappa shape index (κ2) is 4.25. The molecule has 2 saturated heterocycles. The minimum absolute atomic E-state index is 0.113. The fourth-order valence-electron chi connectivity index (χ4n) is 2.58. The number of carbonyl (C=O) groups is 1. The largest absolute Gasteiger partial charge is 0.449 e. The summed E-state index contributed by atoms with van der Waals surface area (Å²) < 4.78 is 5.20. The summed E-state index contributed by atoms with van der Waals surface area (Å²) in [4.78, 5) is 13.5. The Morgan fingerprint density at radius 2 is 2.27 bits per heavy atom. The summed E-state index contributed by atoms with van der Waals surface area (Å²) in [5.74, 6) is 0.396. The van der Waals surface area contributed by atoms with Crippen molar-refractivity contribution in [2.75, 3.05) is 13.2 Å². The summed E-state index contributed by atoms with van der Waals surface area (Å²) >= 11 is 0. The Morgan fingerprint density at radius 3 is 3.00 bits per heavy atom. The summed E-state index contributed by atoms with van der Waals surface area (Å²) in [6, 6.07) is 0.384. The van der Waals surface area contributed by atoms with E-state index in [0.717, 1.165) is 19.4 Å². The van der Waals surface area contributed by atoms with Gasteiger partial charge in [-0.05, 0) is 33.1 Å². The van der Waals surface area contributed by atoms with E-state index in [1.54, 1.807) is 0 Å². The molecule has 2 atom stereocenters. The van der Waals surface area contributed by atoms with Gasteiger partial charge in [0.25, 0.3) is 0 Å². The van der Waals surface area contributed by atoms with E-state index in [1.165, 1.54) is 12.0 Å². The highest BCUT2D eigenvalue weighted by Gasteiger charge is 2.37. The summed E-state index contributed by atoms with van der Waals surface area (Å²) in [6.07, 6.45) is 5.62. The van der Waals surface area contributed by atoms with Crippen molar-refractivity contribution in [3.63, 3.8) is 0 Å². The molecular formula is C12H19NO2. The Kier molecular flexibility index (Phi) is 2.98. The van der Waals surface area contributed by atoms with E-state index in [2.05, 4.69) is 19.9 Å². The first-order chi connectivity index (χ1) is 7.18. The average molecular weight is 209 g/mol. The van der Waals surface area contributed by atoms with Crippen molar-refractivity contribution >= 4 is 6.09 Å². The molecule has 0 N–H and O–H groups in total. The lowest BCUT2D eigenvalue weighted by atomic mass is 9.89. The van der Waals surface area contributed by atoms with Crippen molar-refractivity contribution in [3.05, 3.63) is 11.6 Å². The monoisotopic (exact) mass is 209 g/mol. The molecule has 2 aliphatic rings. The number of ether oxygens (including phenoxy) is 1. The summed E-state index contributed by atoms with van der Waals surface area (Å²) in [5, 5.41) is 0. The Labute approximate surface area is 91.1 Å². The Morgan fingerprint density at radius 1 is 1.47 bits per heavy atom. The van der Waals surface area contributed by atoms with E-state index in [4.69, 9.17) is 4.74 Å². The van der Waals surface area contributed by atoms with Gasteiger partial charge in [-0.3, -0.25) is 0 Å². The number of rotatable bonds is 1. The zero-order chi connectivity index (χ0) is 10.8. The number of amides is 1. The van der Waals surface area contributed by atoms with Gasteiger partial charge in [0, 0.05) is 18.5 Å². The smallest absolute Gasteiger partial charge is 0.410 e. The van der Waals surface area contributed by atoms with E-state index in [1.807, 2.05) is 4.90 Å². The van der Waals surface area contributed by atoms with E-state index < -0.39 is 0 Å². The zero-order valence-corrected chi connectivity index (χ0v) is 9.53. The van der Waals surface area contributed by atoms with Gasteiger partial charge in [0.05, 0.1) is 0 Å². The lowest BCUT2D eigenvalue weighted by Gasteiger charge is -2.42. The molecule has 2 aliphatic heterocycles. The molecule has 3 heteroatoms. The van der Waals surface area contributed by atoms with Gasteiger partial charge < -0.3 is 9.64 Å². The van der Waals surface area contributed by atoms with Crippen LogP contribution in [0, 0.1) is 5.92 Å². The molecule has 0 spiro atoms. The zero-order valence-electron chi connectivity index (χ0n) is 9.53. The molecule has 0 aromatic rings. The van der Waals surface area contributed by atoms with Crippen molar-refractivity contribution in [2.24, 2.45) is 5.92 Å². The number of carbonyl (C=O) groups excluding carboxylic acids is 1. The maximum absolute atomic E-state index is 11.5. The molecule has 0 radical (unpaired) electrons. The molecule has 2 heterocycles. The third-order valence-electron chi connectivity index (χ3n) is 3.22. The number of allylic oxidation sites excluding steroid dienone is 1. The maximum Gasteiger partial charge on any atom is 0.410 e. The van der Waals surface area contributed by atoms with Crippen LogP contribution in [0.25, 0.3) is 0 Å². The van der Waals surface area contributed by atoms with Gasteiger partial charge in [-0.2, -0.15) is 0 Å². The summed E-state index contributed by atoms with van der Waals surface area (Å²) in [6.45, 7) is 5.63.